The topological polar surface area (TPSA) is 43.8 Å². The van der Waals surface area contributed by atoms with Crippen LogP contribution in [0.25, 0.3) is 0 Å². The molecule has 0 saturated carbocycles. The van der Waals surface area contributed by atoms with Crippen LogP contribution in [-0.2, 0) is 13.5 Å². The largest absolute Gasteiger partial charge is 0.398 e. The molecule has 90 valence electrons. The molecule has 5 heteroatoms. The zero-order valence-electron chi connectivity index (χ0n) is 9.56. The van der Waals surface area contributed by atoms with Crippen molar-refractivity contribution in [2.75, 3.05) is 11.5 Å². The van der Waals surface area contributed by atoms with Crippen molar-refractivity contribution < 1.29 is 0 Å². The molecule has 2 rings (SSSR count). The van der Waals surface area contributed by atoms with E-state index in [4.69, 9.17) is 5.73 Å². The summed E-state index contributed by atoms with van der Waals surface area (Å²) in [7, 11) is 2.01. The minimum atomic E-state index is 0.823. The fraction of sp³-hybridized carbons (Fsp3) is 0.250. The maximum Gasteiger partial charge on any atom is 0.109 e. The monoisotopic (exact) mass is 311 g/mol. The molecule has 2 aromatic rings. The summed E-state index contributed by atoms with van der Waals surface area (Å²) in [6.07, 6.45) is 4.74. The van der Waals surface area contributed by atoms with Crippen LogP contribution in [0.4, 0.5) is 5.69 Å². The lowest BCUT2D eigenvalue weighted by Gasteiger charge is -2.06. The lowest BCUT2D eigenvalue weighted by Crippen LogP contribution is -1.99. The number of rotatable bonds is 4. The molecule has 0 aliphatic heterocycles. The van der Waals surface area contributed by atoms with Crippen molar-refractivity contribution in [3.63, 3.8) is 0 Å². The average Bonchev–Trinajstić information content (AvgIpc) is 2.68. The predicted molar refractivity (Wildman–Crippen MR) is 76.2 cm³/mol. The summed E-state index contributed by atoms with van der Waals surface area (Å²) in [6.45, 7) is 0. The number of aromatic nitrogens is 2. The average molecular weight is 312 g/mol. The third-order valence-corrected chi connectivity index (χ3v) is 4.06. The van der Waals surface area contributed by atoms with Gasteiger partial charge in [0.25, 0.3) is 0 Å². The molecule has 0 aliphatic carbocycles. The quantitative estimate of drug-likeness (QED) is 0.697. The second kappa shape index (κ2) is 5.60. The van der Waals surface area contributed by atoms with Gasteiger partial charge in [-0.3, -0.25) is 0 Å². The molecule has 0 saturated heterocycles. The van der Waals surface area contributed by atoms with Crippen molar-refractivity contribution in [3.8, 4) is 0 Å². The van der Waals surface area contributed by atoms with Crippen molar-refractivity contribution in [1.82, 2.24) is 9.55 Å². The SMILES string of the molecule is Cn1ccnc1CCSc1ccc(Br)cc1N. The molecule has 0 bridgehead atoms. The van der Waals surface area contributed by atoms with Crippen molar-refractivity contribution in [1.29, 1.82) is 0 Å². The molecule has 0 spiro atoms. The molecule has 0 atom stereocenters. The van der Waals surface area contributed by atoms with Crippen LogP contribution in [0.1, 0.15) is 5.82 Å². The Bertz CT molecular complexity index is 510. The number of anilines is 1. The molecule has 0 radical (unpaired) electrons. The number of nitrogens with zero attached hydrogens (tertiary/aromatic N) is 2. The summed E-state index contributed by atoms with van der Waals surface area (Å²) in [4.78, 5) is 5.42. The Morgan fingerprint density at radius 2 is 2.29 bits per heavy atom. The predicted octanol–water partition coefficient (Wildman–Crippen LogP) is 3.10. The lowest BCUT2D eigenvalue weighted by atomic mass is 10.3. The highest BCUT2D eigenvalue weighted by Crippen LogP contribution is 2.28. The standard InChI is InChI=1S/C12H14BrN3S/c1-16-6-5-15-12(16)4-7-17-11-3-2-9(13)8-10(11)14/h2-3,5-6,8H,4,7,14H2,1H3. The molecular weight excluding hydrogens is 298 g/mol. The van der Waals surface area contributed by atoms with Gasteiger partial charge in [-0.1, -0.05) is 15.9 Å². The summed E-state index contributed by atoms with van der Waals surface area (Å²) >= 11 is 5.17. The van der Waals surface area contributed by atoms with E-state index in [1.165, 1.54) is 0 Å². The Balaban J connectivity index is 1.92. The maximum atomic E-state index is 5.94. The van der Waals surface area contributed by atoms with Gasteiger partial charge in [-0.2, -0.15) is 0 Å². The van der Waals surface area contributed by atoms with E-state index in [-0.39, 0.29) is 0 Å². The molecule has 2 N–H and O–H groups in total. The number of hydrogen-bond acceptors (Lipinski definition) is 3. The molecule has 1 aromatic heterocycles. The first-order chi connectivity index (χ1) is 8.16. The molecule has 0 aliphatic rings. The van der Waals surface area contributed by atoms with Crippen LogP contribution in [0, 0.1) is 0 Å². The van der Waals surface area contributed by atoms with Crippen LogP contribution in [-0.4, -0.2) is 15.3 Å². The fourth-order valence-corrected chi connectivity index (χ4v) is 2.81. The van der Waals surface area contributed by atoms with Crippen LogP contribution in [0.15, 0.2) is 40.0 Å². The fourth-order valence-electron chi connectivity index (χ4n) is 1.54. The third kappa shape index (κ3) is 3.26. The summed E-state index contributed by atoms with van der Waals surface area (Å²) in [5, 5.41) is 0. The van der Waals surface area contributed by atoms with E-state index in [0.29, 0.717) is 0 Å². The van der Waals surface area contributed by atoms with Gasteiger partial charge in [0.2, 0.25) is 0 Å². The van der Waals surface area contributed by atoms with E-state index < -0.39 is 0 Å². The Kier molecular flexibility index (Phi) is 4.12. The first kappa shape index (κ1) is 12.5. The summed E-state index contributed by atoms with van der Waals surface area (Å²) < 4.78 is 3.06. The number of hydrogen-bond donors (Lipinski definition) is 1. The number of thioether (sulfide) groups is 1. The normalized spacial score (nSPS) is 10.7. The van der Waals surface area contributed by atoms with Gasteiger partial charge in [0, 0.05) is 46.7 Å². The summed E-state index contributed by atoms with van der Waals surface area (Å²) in [5.41, 5.74) is 6.76. The minimum Gasteiger partial charge on any atom is -0.398 e. The van der Waals surface area contributed by atoms with Gasteiger partial charge in [0.15, 0.2) is 0 Å². The van der Waals surface area contributed by atoms with Crippen LogP contribution >= 0.6 is 27.7 Å². The first-order valence-electron chi connectivity index (χ1n) is 5.31. The van der Waals surface area contributed by atoms with E-state index in [0.717, 1.165) is 33.1 Å². The van der Waals surface area contributed by atoms with Crippen LogP contribution in [0.3, 0.4) is 0 Å². The van der Waals surface area contributed by atoms with Crippen LogP contribution < -0.4 is 5.73 Å². The Morgan fingerprint density at radius 1 is 1.47 bits per heavy atom. The van der Waals surface area contributed by atoms with E-state index in [1.807, 2.05) is 42.2 Å². The highest BCUT2D eigenvalue weighted by Gasteiger charge is 2.03. The van der Waals surface area contributed by atoms with Gasteiger partial charge in [0.05, 0.1) is 0 Å². The van der Waals surface area contributed by atoms with E-state index in [9.17, 15) is 0 Å². The highest BCUT2D eigenvalue weighted by molar-refractivity contribution is 9.10. The molecular formula is C12H14BrN3S. The number of aryl methyl sites for hydroxylation is 2. The zero-order chi connectivity index (χ0) is 12.3. The van der Waals surface area contributed by atoms with E-state index >= 15 is 0 Å². The number of nitrogen functional groups attached to an aromatic ring is 1. The van der Waals surface area contributed by atoms with Crippen molar-refractivity contribution in [2.45, 2.75) is 11.3 Å². The van der Waals surface area contributed by atoms with E-state index in [1.54, 1.807) is 11.8 Å². The van der Waals surface area contributed by atoms with Gasteiger partial charge in [0.1, 0.15) is 5.82 Å². The van der Waals surface area contributed by atoms with Gasteiger partial charge < -0.3 is 10.3 Å². The van der Waals surface area contributed by atoms with E-state index in [2.05, 4.69) is 20.9 Å². The Labute approximate surface area is 114 Å². The third-order valence-electron chi connectivity index (χ3n) is 2.48. The molecule has 0 amide bonds. The second-order valence-electron chi connectivity index (χ2n) is 3.73. The zero-order valence-corrected chi connectivity index (χ0v) is 12.0. The Hall–Kier alpha value is -0.940. The van der Waals surface area contributed by atoms with Gasteiger partial charge in [-0.05, 0) is 18.2 Å². The smallest absolute Gasteiger partial charge is 0.109 e. The minimum absolute atomic E-state index is 0.823. The number of halogens is 1. The second-order valence-corrected chi connectivity index (χ2v) is 5.79. The molecule has 1 aromatic carbocycles. The lowest BCUT2D eigenvalue weighted by molar-refractivity contribution is 0.811. The summed E-state index contributed by atoms with van der Waals surface area (Å²) in [5.74, 6) is 2.09. The van der Waals surface area contributed by atoms with Crippen molar-refractivity contribution in [3.05, 3.63) is 40.9 Å². The molecule has 17 heavy (non-hydrogen) atoms. The van der Waals surface area contributed by atoms with Crippen molar-refractivity contribution in [2.24, 2.45) is 7.05 Å². The molecule has 0 fully saturated rings. The van der Waals surface area contributed by atoms with Crippen LogP contribution in [0.2, 0.25) is 0 Å². The van der Waals surface area contributed by atoms with Crippen LogP contribution in [0.5, 0.6) is 0 Å². The summed E-state index contributed by atoms with van der Waals surface area (Å²) in [6, 6.07) is 5.99. The molecule has 1 heterocycles. The highest BCUT2D eigenvalue weighted by atomic mass is 79.9. The Morgan fingerprint density at radius 3 is 2.94 bits per heavy atom. The first-order valence-corrected chi connectivity index (χ1v) is 7.08. The number of benzene rings is 1. The van der Waals surface area contributed by atoms with Crippen molar-refractivity contribution >= 4 is 33.4 Å². The maximum absolute atomic E-state index is 5.94. The number of imidazole rings is 1. The molecule has 0 unspecified atom stereocenters. The van der Waals surface area contributed by atoms with Gasteiger partial charge in [-0.15, -0.1) is 11.8 Å². The number of nitrogens with two attached hydrogens (primary N) is 1. The molecule has 3 nitrogen and oxygen atoms in total. The van der Waals surface area contributed by atoms with Gasteiger partial charge in [-0.25, -0.2) is 4.98 Å². The van der Waals surface area contributed by atoms with Gasteiger partial charge >= 0.3 is 0 Å².